The summed E-state index contributed by atoms with van der Waals surface area (Å²) in [4.78, 5) is 0. The lowest BCUT2D eigenvalue weighted by atomic mass is 9.58. The first-order chi connectivity index (χ1) is 9.48. The average Bonchev–Trinajstić information content (AvgIpc) is 2.41. The van der Waals surface area contributed by atoms with E-state index in [1.165, 1.54) is 0 Å². The van der Waals surface area contributed by atoms with Gasteiger partial charge < -0.3 is 10.1 Å². The molecule has 0 spiro atoms. The summed E-state index contributed by atoms with van der Waals surface area (Å²) in [6.45, 7) is 8.60. The average molecular weight is 296 g/mol. The second kappa shape index (κ2) is 5.95. The number of ether oxygens (including phenoxy) is 1. The highest BCUT2D eigenvalue weighted by Crippen LogP contribution is 2.49. The summed E-state index contributed by atoms with van der Waals surface area (Å²) in [7, 11) is 2.05. The van der Waals surface area contributed by atoms with Crippen LogP contribution < -0.4 is 10.1 Å². The van der Waals surface area contributed by atoms with Gasteiger partial charge in [-0.1, -0.05) is 25.4 Å². The highest BCUT2D eigenvalue weighted by molar-refractivity contribution is 6.32. The highest BCUT2D eigenvalue weighted by atomic mass is 35.5. The van der Waals surface area contributed by atoms with Crippen LogP contribution in [0.25, 0.3) is 0 Å². The van der Waals surface area contributed by atoms with E-state index in [4.69, 9.17) is 16.3 Å². The lowest BCUT2D eigenvalue weighted by Gasteiger charge is -2.55. The zero-order valence-corrected chi connectivity index (χ0v) is 14.0. The number of hydrogen-bond donors (Lipinski definition) is 1. The molecule has 3 heteroatoms. The van der Waals surface area contributed by atoms with Gasteiger partial charge in [0.25, 0.3) is 0 Å². The Bertz CT molecular complexity index is 459. The number of aryl methyl sites for hydroxylation is 2. The van der Waals surface area contributed by atoms with Gasteiger partial charge in [-0.3, -0.25) is 0 Å². The van der Waals surface area contributed by atoms with Crippen LogP contribution in [0.4, 0.5) is 0 Å². The topological polar surface area (TPSA) is 21.3 Å². The minimum absolute atomic E-state index is 0.260. The van der Waals surface area contributed by atoms with E-state index in [2.05, 4.69) is 38.3 Å². The number of halogens is 1. The van der Waals surface area contributed by atoms with E-state index in [1.54, 1.807) is 0 Å². The molecule has 2 rings (SSSR count). The Morgan fingerprint density at radius 1 is 1.25 bits per heavy atom. The highest BCUT2D eigenvalue weighted by Gasteiger charge is 2.53. The Balaban J connectivity index is 2.19. The van der Waals surface area contributed by atoms with Crippen molar-refractivity contribution in [1.29, 1.82) is 0 Å². The third-order valence-electron chi connectivity index (χ3n) is 5.14. The monoisotopic (exact) mass is 295 g/mol. The first-order valence-electron chi connectivity index (χ1n) is 7.59. The normalized spacial score (nSPS) is 24.3. The summed E-state index contributed by atoms with van der Waals surface area (Å²) >= 11 is 6.22. The molecule has 0 saturated heterocycles. The minimum Gasteiger partial charge on any atom is -0.490 e. The number of hydrogen-bond acceptors (Lipinski definition) is 2. The van der Waals surface area contributed by atoms with Gasteiger partial charge in [0.2, 0.25) is 0 Å². The molecule has 0 heterocycles. The van der Waals surface area contributed by atoms with Crippen molar-refractivity contribution >= 4 is 11.6 Å². The molecule has 20 heavy (non-hydrogen) atoms. The van der Waals surface area contributed by atoms with Crippen LogP contribution in [0.1, 0.15) is 44.2 Å². The minimum atomic E-state index is 0.260. The van der Waals surface area contributed by atoms with Crippen LogP contribution in [0, 0.1) is 19.3 Å². The summed E-state index contributed by atoms with van der Waals surface area (Å²) in [5.74, 6) is 0.954. The van der Waals surface area contributed by atoms with E-state index < -0.39 is 0 Å². The van der Waals surface area contributed by atoms with Crippen molar-refractivity contribution in [2.75, 3.05) is 7.05 Å². The second-order valence-electron chi connectivity index (χ2n) is 5.99. The summed E-state index contributed by atoms with van der Waals surface area (Å²) in [5.41, 5.74) is 2.44. The van der Waals surface area contributed by atoms with Gasteiger partial charge in [-0.05, 0) is 57.0 Å². The van der Waals surface area contributed by atoms with E-state index in [0.29, 0.717) is 12.1 Å². The van der Waals surface area contributed by atoms with Crippen LogP contribution in [-0.2, 0) is 0 Å². The molecule has 0 aliphatic heterocycles. The van der Waals surface area contributed by atoms with Crippen molar-refractivity contribution in [3.8, 4) is 5.75 Å². The molecule has 112 valence electrons. The second-order valence-corrected chi connectivity index (χ2v) is 6.37. The van der Waals surface area contributed by atoms with Crippen molar-refractivity contribution in [1.82, 2.24) is 5.32 Å². The fraction of sp³-hybridized carbons (Fsp3) is 0.647. The molecule has 0 radical (unpaired) electrons. The maximum absolute atomic E-state index is 6.30. The molecule has 0 aromatic heterocycles. The Morgan fingerprint density at radius 3 is 2.25 bits per heavy atom. The standard InChI is InChI=1S/C17H26ClNO/c1-6-17(7-2)14(19-5)10-15(17)20-13-8-11(3)16(18)12(4)9-13/h8-9,14-15,19H,6-7,10H2,1-5H3. The smallest absolute Gasteiger partial charge is 0.120 e. The molecule has 1 N–H and O–H groups in total. The number of benzene rings is 1. The van der Waals surface area contributed by atoms with Gasteiger partial charge in [0.1, 0.15) is 11.9 Å². The molecule has 1 aromatic carbocycles. The largest absolute Gasteiger partial charge is 0.490 e. The van der Waals surface area contributed by atoms with Crippen LogP contribution >= 0.6 is 11.6 Å². The van der Waals surface area contributed by atoms with Crippen LogP contribution in [0.3, 0.4) is 0 Å². The zero-order chi connectivity index (χ0) is 14.9. The Labute approximate surface area is 127 Å². The van der Waals surface area contributed by atoms with Crippen LogP contribution in [0.15, 0.2) is 12.1 Å². The molecule has 2 unspecified atom stereocenters. The van der Waals surface area contributed by atoms with Gasteiger partial charge in [0, 0.05) is 22.9 Å². The van der Waals surface area contributed by atoms with E-state index in [0.717, 1.165) is 41.2 Å². The first-order valence-corrected chi connectivity index (χ1v) is 7.97. The predicted octanol–water partition coefficient (Wildman–Crippen LogP) is 4.50. The SMILES string of the molecule is CCC1(CC)C(NC)CC1Oc1cc(C)c(Cl)c(C)c1. The van der Waals surface area contributed by atoms with Crippen LogP contribution in [-0.4, -0.2) is 19.2 Å². The summed E-state index contributed by atoms with van der Waals surface area (Å²) in [6.07, 6.45) is 3.67. The lowest BCUT2D eigenvalue weighted by Crippen LogP contribution is -2.63. The maximum atomic E-state index is 6.30. The Hall–Kier alpha value is -0.730. The van der Waals surface area contributed by atoms with Gasteiger partial charge in [-0.15, -0.1) is 0 Å². The molecule has 2 nitrogen and oxygen atoms in total. The fourth-order valence-electron chi connectivity index (χ4n) is 3.65. The summed E-state index contributed by atoms with van der Waals surface area (Å²) in [5, 5.41) is 4.28. The van der Waals surface area contributed by atoms with Gasteiger partial charge in [0.05, 0.1) is 0 Å². The number of rotatable bonds is 5. The Kier molecular flexibility index (Phi) is 4.66. The maximum Gasteiger partial charge on any atom is 0.120 e. The molecule has 0 amide bonds. The molecule has 2 atom stereocenters. The molecule has 0 bridgehead atoms. The molecule has 1 fully saturated rings. The van der Waals surface area contributed by atoms with Gasteiger partial charge in [-0.2, -0.15) is 0 Å². The third-order valence-corrected chi connectivity index (χ3v) is 5.73. The number of nitrogens with one attached hydrogen (secondary N) is 1. The van der Waals surface area contributed by atoms with Crippen molar-refractivity contribution < 1.29 is 4.74 Å². The predicted molar refractivity (Wildman–Crippen MR) is 85.8 cm³/mol. The van der Waals surface area contributed by atoms with Crippen molar-refractivity contribution in [2.24, 2.45) is 5.41 Å². The molecular weight excluding hydrogens is 270 g/mol. The molecule has 1 saturated carbocycles. The van der Waals surface area contributed by atoms with Crippen molar-refractivity contribution in [3.05, 3.63) is 28.3 Å². The molecule has 1 aliphatic carbocycles. The van der Waals surface area contributed by atoms with Crippen LogP contribution in [0.2, 0.25) is 5.02 Å². The van der Waals surface area contributed by atoms with Gasteiger partial charge >= 0.3 is 0 Å². The quantitative estimate of drug-likeness (QED) is 0.863. The molecule has 1 aromatic rings. The Morgan fingerprint density at radius 2 is 1.80 bits per heavy atom. The van der Waals surface area contributed by atoms with E-state index in [1.807, 2.05) is 13.8 Å². The third kappa shape index (κ3) is 2.44. The van der Waals surface area contributed by atoms with Crippen LogP contribution in [0.5, 0.6) is 5.75 Å². The van der Waals surface area contributed by atoms with Gasteiger partial charge in [-0.25, -0.2) is 0 Å². The van der Waals surface area contributed by atoms with E-state index >= 15 is 0 Å². The van der Waals surface area contributed by atoms with E-state index in [9.17, 15) is 0 Å². The van der Waals surface area contributed by atoms with E-state index in [-0.39, 0.29) is 5.41 Å². The summed E-state index contributed by atoms with van der Waals surface area (Å²) < 4.78 is 6.30. The first kappa shape index (κ1) is 15.7. The lowest BCUT2D eigenvalue weighted by molar-refractivity contribution is -0.0836. The zero-order valence-electron chi connectivity index (χ0n) is 13.2. The van der Waals surface area contributed by atoms with Crippen molar-refractivity contribution in [2.45, 2.75) is 59.1 Å². The van der Waals surface area contributed by atoms with Crippen molar-refractivity contribution in [3.63, 3.8) is 0 Å². The molecule has 1 aliphatic rings. The molecular formula is C17H26ClNO. The van der Waals surface area contributed by atoms with Gasteiger partial charge in [0.15, 0.2) is 0 Å². The fourth-order valence-corrected chi connectivity index (χ4v) is 3.76. The summed E-state index contributed by atoms with van der Waals surface area (Å²) in [6, 6.07) is 4.67.